The van der Waals surface area contributed by atoms with E-state index in [1.54, 1.807) is 19.1 Å². The molecule has 0 aromatic heterocycles. The van der Waals surface area contributed by atoms with Crippen LogP contribution in [0.15, 0.2) is 39.7 Å². The Labute approximate surface area is 177 Å². The molecular weight excluding hydrogens is 470 g/mol. The van der Waals surface area contributed by atoms with Gasteiger partial charge in [0.1, 0.15) is 10.6 Å². The highest BCUT2D eigenvalue weighted by Gasteiger charge is 2.31. The average molecular weight is 489 g/mol. The first-order valence-electron chi connectivity index (χ1n) is 8.60. The van der Waals surface area contributed by atoms with E-state index in [9.17, 15) is 13.2 Å². The SMILES string of the molecule is COc1ccc(C(=O)Oc2c(C)cc(Br)cc2Cl)cc1S(=O)(=O)N1CCCC1. The fourth-order valence-electron chi connectivity index (χ4n) is 3.04. The molecule has 1 aliphatic heterocycles. The zero-order valence-corrected chi connectivity index (χ0v) is 18.5. The van der Waals surface area contributed by atoms with Gasteiger partial charge in [-0.2, -0.15) is 4.31 Å². The number of ether oxygens (including phenoxy) is 2. The molecule has 150 valence electrons. The standard InChI is InChI=1S/C19H19BrClNO5S/c1-12-9-14(20)11-15(21)18(12)27-19(23)13-5-6-16(26-2)17(10-13)28(24,25)22-7-3-4-8-22/h5-6,9-11H,3-4,7-8H2,1-2H3. The van der Waals surface area contributed by atoms with Gasteiger partial charge >= 0.3 is 5.97 Å². The maximum absolute atomic E-state index is 13.0. The number of carbonyl (C=O) groups excluding carboxylic acids is 1. The lowest BCUT2D eigenvalue weighted by atomic mass is 10.2. The van der Waals surface area contributed by atoms with E-state index >= 15 is 0 Å². The van der Waals surface area contributed by atoms with Crippen LogP contribution >= 0.6 is 27.5 Å². The van der Waals surface area contributed by atoms with Gasteiger partial charge < -0.3 is 9.47 Å². The molecule has 0 aliphatic carbocycles. The third-order valence-electron chi connectivity index (χ3n) is 4.47. The van der Waals surface area contributed by atoms with Crippen LogP contribution in [-0.4, -0.2) is 38.9 Å². The molecular formula is C19H19BrClNO5S. The Bertz CT molecular complexity index is 996. The summed E-state index contributed by atoms with van der Waals surface area (Å²) in [5, 5.41) is 0.277. The number of aryl methyl sites for hydroxylation is 1. The van der Waals surface area contributed by atoms with Gasteiger partial charge in [-0.1, -0.05) is 27.5 Å². The largest absolute Gasteiger partial charge is 0.495 e. The lowest BCUT2D eigenvalue weighted by Gasteiger charge is -2.18. The number of sulfonamides is 1. The van der Waals surface area contributed by atoms with Crippen molar-refractivity contribution in [1.29, 1.82) is 0 Å². The fourth-order valence-corrected chi connectivity index (χ4v) is 5.75. The minimum absolute atomic E-state index is 0.0509. The number of hydrogen-bond donors (Lipinski definition) is 0. The Morgan fingerprint density at radius 2 is 1.86 bits per heavy atom. The van der Waals surface area contributed by atoms with Crippen molar-refractivity contribution in [2.75, 3.05) is 20.2 Å². The Kier molecular flexibility index (Phi) is 6.34. The number of hydrogen-bond acceptors (Lipinski definition) is 5. The summed E-state index contributed by atoms with van der Waals surface area (Å²) in [7, 11) is -2.37. The van der Waals surface area contributed by atoms with Gasteiger partial charge in [0, 0.05) is 17.6 Å². The number of benzene rings is 2. The Hall–Kier alpha value is -1.61. The number of carbonyl (C=O) groups is 1. The number of rotatable bonds is 5. The number of methoxy groups -OCH3 is 1. The maximum atomic E-state index is 13.0. The monoisotopic (exact) mass is 487 g/mol. The van der Waals surface area contributed by atoms with Crippen LogP contribution < -0.4 is 9.47 Å². The first-order chi connectivity index (χ1) is 13.2. The van der Waals surface area contributed by atoms with Crippen molar-refractivity contribution in [2.45, 2.75) is 24.7 Å². The second-order valence-corrected chi connectivity index (χ2v) is 9.63. The first-order valence-corrected chi connectivity index (χ1v) is 11.2. The molecule has 0 amide bonds. The average Bonchev–Trinajstić information content (AvgIpc) is 3.19. The van der Waals surface area contributed by atoms with Gasteiger partial charge in [0.25, 0.3) is 0 Å². The molecule has 6 nitrogen and oxygen atoms in total. The molecule has 0 unspecified atom stereocenters. The second kappa shape index (κ2) is 8.41. The Morgan fingerprint density at radius 3 is 2.46 bits per heavy atom. The van der Waals surface area contributed by atoms with E-state index in [1.807, 2.05) is 0 Å². The summed E-state index contributed by atoms with van der Waals surface area (Å²) in [6.07, 6.45) is 1.62. The minimum Gasteiger partial charge on any atom is -0.495 e. The van der Waals surface area contributed by atoms with E-state index in [-0.39, 0.29) is 27.0 Å². The molecule has 28 heavy (non-hydrogen) atoms. The molecule has 0 spiro atoms. The minimum atomic E-state index is -3.76. The summed E-state index contributed by atoms with van der Waals surface area (Å²) < 4.78 is 38.7. The van der Waals surface area contributed by atoms with E-state index in [0.717, 1.165) is 17.3 Å². The van der Waals surface area contributed by atoms with E-state index in [0.29, 0.717) is 18.7 Å². The van der Waals surface area contributed by atoms with Crippen LogP contribution in [-0.2, 0) is 10.0 Å². The van der Waals surface area contributed by atoms with Crippen molar-refractivity contribution in [3.8, 4) is 11.5 Å². The van der Waals surface area contributed by atoms with Crippen molar-refractivity contribution in [3.63, 3.8) is 0 Å². The molecule has 1 saturated heterocycles. The highest BCUT2D eigenvalue weighted by Crippen LogP contribution is 2.34. The number of nitrogens with zero attached hydrogens (tertiary/aromatic N) is 1. The van der Waals surface area contributed by atoms with Crippen molar-refractivity contribution >= 4 is 43.5 Å². The quantitative estimate of drug-likeness (QED) is 0.460. The second-order valence-electron chi connectivity index (χ2n) is 6.40. The molecule has 0 N–H and O–H groups in total. The predicted molar refractivity (Wildman–Crippen MR) is 110 cm³/mol. The van der Waals surface area contributed by atoms with Crippen molar-refractivity contribution in [3.05, 3.63) is 51.0 Å². The van der Waals surface area contributed by atoms with Crippen LogP contribution in [0, 0.1) is 6.92 Å². The third-order valence-corrected chi connectivity index (χ3v) is 7.13. The van der Waals surface area contributed by atoms with E-state index in [4.69, 9.17) is 21.1 Å². The van der Waals surface area contributed by atoms with Gasteiger partial charge in [-0.25, -0.2) is 13.2 Å². The normalized spacial score (nSPS) is 14.9. The zero-order chi connectivity index (χ0) is 20.5. The molecule has 0 radical (unpaired) electrons. The van der Waals surface area contributed by atoms with Gasteiger partial charge in [-0.05, 0) is 55.7 Å². The summed E-state index contributed by atoms with van der Waals surface area (Å²) in [4.78, 5) is 12.6. The highest BCUT2D eigenvalue weighted by atomic mass is 79.9. The van der Waals surface area contributed by atoms with Gasteiger partial charge in [0.2, 0.25) is 10.0 Å². The van der Waals surface area contributed by atoms with Crippen LogP contribution in [0.1, 0.15) is 28.8 Å². The topological polar surface area (TPSA) is 72.9 Å². The summed E-state index contributed by atoms with van der Waals surface area (Å²) in [5.41, 5.74) is 0.767. The zero-order valence-electron chi connectivity index (χ0n) is 15.4. The summed E-state index contributed by atoms with van der Waals surface area (Å²) in [6, 6.07) is 7.60. The summed E-state index contributed by atoms with van der Waals surface area (Å²) in [5.74, 6) is -0.288. The van der Waals surface area contributed by atoms with Gasteiger partial charge in [0.05, 0.1) is 17.7 Å². The molecule has 1 fully saturated rings. The number of esters is 1. The van der Waals surface area contributed by atoms with E-state index in [1.165, 1.54) is 29.6 Å². The summed E-state index contributed by atoms with van der Waals surface area (Å²) >= 11 is 9.50. The molecule has 2 aromatic rings. The molecule has 9 heteroatoms. The number of halogens is 2. The predicted octanol–water partition coefficient (Wildman–Crippen LogP) is 4.42. The molecule has 0 bridgehead atoms. The highest BCUT2D eigenvalue weighted by molar-refractivity contribution is 9.10. The molecule has 3 rings (SSSR count). The van der Waals surface area contributed by atoms with Gasteiger partial charge in [-0.3, -0.25) is 0 Å². The first kappa shape index (κ1) is 21.1. The third kappa shape index (κ3) is 4.20. The van der Waals surface area contributed by atoms with Crippen LogP contribution in [0.25, 0.3) is 0 Å². The van der Waals surface area contributed by atoms with Gasteiger partial charge in [0.15, 0.2) is 5.75 Å². The fraction of sp³-hybridized carbons (Fsp3) is 0.316. The Balaban J connectivity index is 1.96. The molecule has 0 saturated carbocycles. The van der Waals surface area contributed by atoms with E-state index < -0.39 is 16.0 Å². The van der Waals surface area contributed by atoms with Gasteiger partial charge in [-0.15, -0.1) is 0 Å². The summed E-state index contributed by atoms with van der Waals surface area (Å²) in [6.45, 7) is 2.66. The smallest absolute Gasteiger partial charge is 0.343 e. The molecule has 1 heterocycles. The lowest BCUT2D eigenvalue weighted by molar-refractivity contribution is 0.0733. The maximum Gasteiger partial charge on any atom is 0.343 e. The Morgan fingerprint density at radius 1 is 1.18 bits per heavy atom. The van der Waals surface area contributed by atoms with Crippen LogP contribution in [0.5, 0.6) is 11.5 Å². The van der Waals surface area contributed by atoms with Crippen molar-refractivity contribution in [2.24, 2.45) is 0 Å². The van der Waals surface area contributed by atoms with Crippen LogP contribution in [0.2, 0.25) is 5.02 Å². The lowest BCUT2D eigenvalue weighted by Crippen LogP contribution is -2.28. The van der Waals surface area contributed by atoms with Crippen molar-refractivity contribution < 1.29 is 22.7 Å². The molecule has 0 atom stereocenters. The van der Waals surface area contributed by atoms with E-state index in [2.05, 4.69) is 15.9 Å². The van der Waals surface area contributed by atoms with Crippen molar-refractivity contribution in [1.82, 2.24) is 4.31 Å². The molecule has 2 aromatic carbocycles. The molecule has 1 aliphatic rings. The van der Waals surface area contributed by atoms with Crippen LogP contribution in [0.3, 0.4) is 0 Å². The van der Waals surface area contributed by atoms with Crippen LogP contribution in [0.4, 0.5) is 0 Å².